The molecule has 1 aliphatic heterocycles. The molecule has 0 radical (unpaired) electrons. The number of likely N-dealkylation sites (tertiary alicyclic amines) is 1. The number of carboxylic acids is 2. The molecular weight excluding hydrogens is 802 g/mol. The number of nitrogens with one attached hydrogen (secondary N) is 1. The molecule has 4 aromatic rings. The van der Waals surface area contributed by atoms with Gasteiger partial charge in [-0.25, -0.2) is 23.0 Å². The number of aromatic nitrogens is 1. The molecule has 0 aliphatic carbocycles. The van der Waals surface area contributed by atoms with Crippen LogP contribution in [0.15, 0.2) is 71.8 Å². The van der Waals surface area contributed by atoms with Crippen LogP contribution in [0, 0.1) is 5.92 Å². The zero-order valence-corrected chi connectivity index (χ0v) is 33.8. The average molecular weight is 847 g/mol. The molecule has 2 heterocycles. The maximum atomic E-state index is 15.0. The third kappa shape index (κ3) is 10.5. The zero-order chi connectivity index (χ0) is 44.0. The molecule has 1 amide bonds. The number of carboxylic acid groups (broad SMARTS) is 2. The lowest BCUT2D eigenvalue weighted by Gasteiger charge is -2.33. The number of carbonyl (C=O) groups excluding carboxylic acids is 2. The van der Waals surface area contributed by atoms with Crippen molar-refractivity contribution in [1.82, 2.24) is 9.88 Å². The molecule has 1 fully saturated rings. The van der Waals surface area contributed by atoms with Crippen molar-refractivity contribution in [2.75, 3.05) is 31.3 Å². The van der Waals surface area contributed by atoms with Crippen LogP contribution in [0.2, 0.25) is 0 Å². The molecular formula is C40H45F3N4O11S. The van der Waals surface area contributed by atoms with Gasteiger partial charge in [0.1, 0.15) is 11.9 Å². The fourth-order valence-corrected chi connectivity index (χ4v) is 7.73. The van der Waals surface area contributed by atoms with Gasteiger partial charge >= 0.3 is 24.1 Å². The lowest BCUT2D eigenvalue weighted by Crippen LogP contribution is -2.40. The van der Waals surface area contributed by atoms with Crippen molar-refractivity contribution < 1.29 is 65.2 Å². The quantitative estimate of drug-likeness (QED) is 0.106. The number of nitrogens with two attached hydrogens (primary N) is 1. The Labute approximate surface area is 338 Å². The van der Waals surface area contributed by atoms with Crippen molar-refractivity contribution in [2.24, 2.45) is 5.92 Å². The number of nitrogens with zero attached hydrogens (tertiary/aromatic N) is 2. The lowest BCUT2D eigenvalue weighted by atomic mass is 9.92. The average Bonchev–Trinajstić information content (AvgIpc) is 3.62. The molecule has 59 heavy (non-hydrogen) atoms. The fraction of sp³-hybridized carbons (Fsp3) is 0.375. The van der Waals surface area contributed by atoms with Crippen molar-refractivity contribution in [2.45, 2.75) is 75.5 Å². The standard InChI is InChI=1S/C38H44N4O9S.C2HF3O2/c1-7-50-31-20-24(8-12-30(31)51-21(2)3)33(41-26-10-11-27-23(18-26)14-16-40-35(27)39)36(43)42-17-15-28(37(44)45)34(42)29-19-25(38(46)49-6)9-13-32(29)52(47,48)22(4)5;3-2(4,5)1(6)7/h8-14,16,18-22,28,33-34,41H,7,15,17H2,1-6H3,(H2,39,40)(H,44,45);(H,6,7). The monoisotopic (exact) mass is 846 g/mol. The van der Waals surface area contributed by atoms with Crippen LogP contribution in [-0.2, 0) is 29.0 Å². The van der Waals surface area contributed by atoms with Gasteiger partial charge in [-0.1, -0.05) is 6.07 Å². The van der Waals surface area contributed by atoms with E-state index < -0.39 is 63.1 Å². The maximum absolute atomic E-state index is 15.0. The van der Waals surface area contributed by atoms with E-state index in [-0.39, 0.29) is 35.1 Å². The topological polar surface area (TPSA) is 225 Å². The number of rotatable bonds is 13. The van der Waals surface area contributed by atoms with Crippen LogP contribution >= 0.6 is 0 Å². The summed E-state index contributed by atoms with van der Waals surface area (Å²) in [5.41, 5.74) is 7.17. The molecule has 1 saturated heterocycles. The van der Waals surface area contributed by atoms with Crippen LogP contribution in [-0.4, -0.2) is 90.1 Å². The first kappa shape index (κ1) is 45.6. The summed E-state index contributed by atoms with van der Waals surface area (Å²) >= 11 is 0. The normalized spacial score (nSPS) is 15.9. The second-order valence-electron chi connectivity index (χ2n) is 13.9. The number of amides is 1. The van der Waals surface area contributed by atoms with E-state index in [1.165, 1.54) is 44.1 Å². The smallest absolute Gasteiger partial charge is 0.490 e. The van der Waals surface area contributed by atoms with E-state index in [1.54, 1.807) is 42.6 Å². The number of fused-ring (bicyclic) bond motifs is 1. The fourth-order valence-electron chi connectivity index (χ4n) is 6.46. The van der Waals surface area contributed by atoms with Gasteiger partial charge in [0.2, 0.25) is 5.91 Å². The summed E-state index contributed by atoms with van der Waals surface area (Å²) in [5.74, 6) is -5.19. The predicted molar refractivity (Wildman–Crippen MR) is 210 cm³/mol. The third-order valence-corrected chi connectivity index (χ3v) is 11.5. The number of benzene rings is 3. The Hall–Kier alpha value is -6.11. The van der Waals surface area contributed by atoms with Crippen molar-refractivity contribution in [3.05, 3.63) is 83.6 Å². The number of nitrogen functional groups attached to an aromatic ring is 1. The van der Waals surface area contributed by atoms with Crippen molar-refractivity contribution in [3.8, 4) is 11.5 Å². The first-order valence-electron chi connectivity index (χ1n) is 18.3. The maximum Gasteiger partial charge on any atom is 0.490 e. The van der Waals surface area contributed by atoms with Gasteiger partial charge < -0.3 is 40.4 Å². The Kier molecular flexibility index (Phi) is 14.4. The molecule has 0 saturated carbocycles. The molecule has 5 rings (SSSR count). The summed E-state index contributed by atoms with van der Waals surface area (Å²) in [6.45, 7) is 8.93. The van der Waals surface area contributed by atoms with Gasteiger partial charge in [0, 0.05) is 23.8 Å². The molecule has 318 valence electrons. The van der Waals surface area contributed by atoms with E-state index in [9.17, 15) is 36.3 Å². The number of carbonyl (C=O) groups is 4. The number of methoxy groups -OCH3 is 1. The first-order valence-corrected chi connectivity index (χ1v) is 19.8. The summed E-state index contributed by atoms with van der Waals surface area (Å²) in [4.78, 5) is 54.8. The van der Waals surface area contributed by atoms with E-state index in [0.717, 1.165) is 10.8 Å². The molecule has 19 heteroatoms. The summed E-state index contributed by atoms with van der Waals surface area (Å²) < 4.78 is 76.0. The minimum absolute atomic E-state index is 0.00491. The van der Waals surface area contributed by atoms with Crippen LogP contribution < -0.4 is 20.5 Å². The Morgan fingerprint density at radius 2 is 1.66 bits per heavy atom. The Bertz CT molecular complexity index is 2320. The lowest BCUT2D eigenvalue weighted by molar-refractivity contribution is -0.192. The van der Waals surface area contributed by atoms with Crippen LogP contribution in [0.5, 0.6) is 11.5 Å². The molecule has 1 aromatic heterocycles. The van der Waals surface area contributed by atoms with Crippen LogP contribution in [0.1, 0.15) is 74.6 Å². The second-order valence-corrected chi connectivity index (χ2v) is 16.3. The van der Waals surface area contributed by atoms with E-state index in [4.69, 9.17) is 29.8 Å². The molecule has 15 nitrogen and oxygen atoms in total. The van der Waals surface area contributed by atoms with Crippen LogP contribution in [0.4, 0.5) is 24.7 Å². The highest BCUT2D eigenvalue weighted by Gasteiger charge is 2.46. The number of alkyl halides is 3. The van der Waals surface area contributed by atoms with Gasteiger partial charge in [0.25, 0.3) is 0 Å². The highest BCUT2D eigenvalue weighted by Crippen LogP contribution is 2.44. The van der Waals surface area contributed by atoms with Gasteiger partial charge in [0.15, 0.2) is 21.3 Å². The Morgan fingerprint density at radius 1 is 0.983 bits per heavy atom. The summed E-state index contributed by atoms with van der Waals surface area (Å²) in [7, 11) is -2.82. The number of anilines is 2. The van der Waals surface area contributed by atoms with Crippen molar-refractivity contribution in [1.29, 1.82) is 0 Å². The zero-order valence-electron chi connectivity index (χ0n) is 32.9. The molecule has 0 spiro atoms. The minimum Gasteiger partial charge on any atom is -0.490 e. The van der Waals surface area contributed by atoms with Gasteiger partial charge in [-0.05, 0) is 112 Å². The number of ether oxygens (including phenoxy) is 3. The minimum atomic E-state index is -5.08. The highest BCUT2D eigenvalue weighted by atomic mass is 32.2. The van der Waals surface area contributed by atoms with E-state index >= 15 is 4.79 Å². The first-order chi connectivity index (χ1) is 27.6. The number of esters is 1. The van der Waals surface area contributed by atoms with Gasteiger partial charge in [0.05, 0.1) is 47.5 Å². The van der Waals surface area contributed by atoms with Crippen LogP contribution in [0.25, 0.3) is 10.8 Å². The van der Waals surface area contributed by atoms with Gasteiger partial charge in [-0.2, -0.15) is 13.2 Å². The summed E-state index contributed by atoms with van der Waals surface area (Å²) in [6, 6.07) is 13.9. The molecule has 3 atom stereocenters. The number of sulfone groups is 1. The SMILES string of the molecule is CCOc1cc(C(Nc2ccc3c(N)nccc3c2)C(=O)N2CCC(C(=O)O)C2c2cc(C(=O)OC)ccc2S(=O)(=O)C(C)C)ccc1OC(C)C.O=C(O)C(F)(F)F. The van der Waals surface area contributed by atoms with E-state index in [0.29, 0.717) is 35.2 Å². The van der Waals surface area contributed by atoms with E-state index in [2.05, 4.69) is 10.3 Å². The summed E-state index contributed by atoms with van der Waals surface area (Å²) in [5, 5.41) is 21.5. The molecule has 1 aliphatic rings. The predicted octanol–water partition coefficient (Wildman–Crippen LogP) is 6.43. The molecule has 3 unspecified atom stereocenters. The number of halogens is 3. The van der Waals surface area contributed by atoms with Crippen molar-refractivity contribution in [3.63, 3.8) is 0 Å². The Morgan fingerprint density at radius 3 is 2.24 bits per heavy atom. The number of hydrogen-bond donors (Lipinski definition) is 4. The van der Waals surface area contributed by atoms with E-state index in [1.807, 2.05) is 26.8 Å². The van der Waals surface area contributed by atoms with Crippen LogP contribution in [0.3, 0.4) is 0 Å². The molecule has 3 aromatic carbocycles. The Balaban J connectivity index is 0.00000101. The van der Waals surface area contributed by atoms with Gasteiger partial charge in [-0.15, -0.1) is 0 Å². The second kappa shape index (κ2) is 18.6. The number of aliphatic carboxylic acids is 2. The van der Waals surface area contributed by atoms with Gasteiger partial charge in [-0.3, -0.25) is 9.59 Å². The molecule has 5 N–H and O–H groups in total. The largest absolute Gasteiger partial charge is 0.490 e. The summed E-state index contributed by atoms with van der Waals surface area (Å²) in [6.07, 6.45) is -3.62. The number of hydrogen-bond acceptors (Lipinski definition) is 12. The van der Waals surface area contributed by atoms with Crippen molar-refractivity contribution >= 4 is 55.9 Å². The third-order valence-electron chi connectivity index (χ3n) is 9.23. The molecule has 0 bridgehead atoms. The number of pyridine rings is 1. The highest BCUT2D eigenvalue weighted by molar-refractivity contribution is 7.92.